The van der Waals surface area contributed by atoms with E-state index in [4.69, 9.17) is 49.7 Å². The van der Waals surface area contributed by atoms with Crippen LogP contribution in [-0.4, -0.2) is 124 Å². The molecule has 14 heteroatoms. The molecule has 5 aliphatic rings. The third-order valence-corrected chi connectivity index (χ3v) is 16.4. The molecule has 1 aromatic carbocycles. The fraction of sp³-hybridized carbons (Fsp3) is 0.735. The van der Waals surface area contributed by atoms with Crippen molar-refractivity contribution in [3.8, 4) is 10.6 Å². The van der Waals surface area contributed by atoms with E-state index in [0.29, 0.717) is 48.7 Å². The van der Waals surface area contributed by atoms with Crippen molar-refractivity contribution in [3.63, 3.8) is 0 Å². The summed E-state index contributed by atoms with van der Waals surface area (Å²) >= 11 is 8.42. The number of benzene rings is 1. The fourth-order valence-corrected chi connectivity index (χ4v) is 13.3. The highest BCUT2D eigenvalue weighted by Gasteiger charge is 2.56. The summed E-state index contributed by atoms with van der Waals surface area (Å²) in [7, 11) is 8.93. The van der Waals surface area contributed by atoms with Gasteiger partial charge < -0.3 is 43.2 Å². The zero-order valence-corrected chi connectivity index (χ0v) is 40.4. The van der Waals surface area contributed by atoms with Gasteiger partial charge in [-0.2, -0.15) is 0 Å². The lowest BCUT2D eigenvalue weighted by Gasteiger charge is -2.40. The van der Waals surface area contributed by atoms with Crippen molar-refractivity contribution in [1.29, 1.82) is 0 Å². The van der Waals surface area contributed by atoms with Gasteiger partial charge in [-0.1, -0.05) is 63.6 Å². The average Bonchev–Trinajstić information content (AvgIpc) is 3.97. The van der Waals surface area contributed by atoms with E-state index in [-0.39, 0.29) is 78.3 Å². The number of aromatic nitrogens is 1. The van der Waals surface area contributed by atoms with Gasteiger partial charge >= 0.3 is 5.97 Å². The number of esters is 1. The maximum absolute atomic E-state index is 15.2. The molecule has 0 radical (unpaired) electrons. The molecular formula is C49H71ClN2O10S. The van der Waals surface area contributed by atoms with Gasteiger partial charge in [0.2, 0.25) is 0 Å². The zero-order chi connectivity index (χ0) is 45.3. The number of nitrogens with zero attached hydrogens (tertiary/aromatic N) is 2. The second-order valence-corrected chi connectivity index (χ2v) is 20.6. The average molecular weight is 916 g/mol. The summed E-state index contributed by atoms with van der Waals surface area (Å²) < 4.78 is 43.6. The predicted molar refractivity (Wildman–Crippen MR) is 243 cm³/mol. The number of cyclic esters (lactones) is 1. The highest BCUT2D eigenvalue weighted by atomic mass is 35.5. The first kappa shape index (κ1) is 48.6. The van der Waals surface area contributed by atoms with Gasteiger partial charge in [-0.25, -0.2) is 4.98 Å². The van der Waals surface area contributed by atoms with Crippen LogP contribution in [0.4, 0.5) is 0 Å². The highest BCUT2D eigenvalue weighted by molar-refractivity contribution is 7.15. The number of ether oxygens (including phenoxy) is 7. The SMILES string of the molecule is CC[C@H]1CCC[C@H](O[C@H]2CC[C@H](N(C)C)C(C)O2)[C@@H](C)C(=O)C2=C[C@H]3[C@@H]4C[C@H](OC(O)C(OC)C(OC)C(OC)C(C)C)C[C@H]4c4nc(-c5ccccc5Cl)sc4[C@H]3[C@@H]2CC(=O)O1. The molecule has 1 aromatic heterocycles. The summed E-state index contributed by atoms with van der Waals surface area (Å²) in [5, 5.41) is 13.1. The Hall–Kier alpha value is -2.30. The van der Waals surface area contributed by atoms with E-state index < -0.39 is 36.6 Å². The molecule has 2 aliphatic heterocycles. The Morgan fingerprint density at radius 2 is 1.70 bits per heavy atom. The summed E-state index contributed by atoms with van der Waals surface area (Å²) in [5.41, 5.74) is 2.48. The van der Waals surface area contributed by atoms with E-state index in [1.807, 2.05) is 45.0 Å². The Bertz CT molecular complexity index is 1910. The molecule has 1 saturated carbocycles. The topological polar surface area (TPSA) is 135 Å². The number of methoxy groups -OCH3 is 3. The summed E-state index contributed by atoms with van der Waals surface area (Å²) in [6, 6.07) is 8.02. The number of hydrogen-bond acceptors (Lipinski definition) is 13. The largest absolute Gasteiger partial charge is 0.462 e. The number of carbonyl (C=O) groups is 2. The molecule has 2 saturated heterocycles. The Labute approximate surface area is 383 Å². The van der Waals surface area contributed by atoms with Crippen molar-refractivity contribution in [2.24, 2.45) is 29.6 Å². The molecule has 5 unspecified atom stereocenters. The van der Waals surface area contributed by atoms with Crippen molar-refractivity contribution < 1.29 is 47.9 Å². The maximum atomic E-state index is 15.2. The molecule has 3 aliphatic carbocycles. The van der Waals surface area contributed by atoms with E-state index in [9.17, 15) is 9.90 Å². The minimum Gasteiger partial charge on any atom is -0.462 e. The van der Waals surface area contributed by atoms with Crippen molar-refractivity contribution in [3.05, 3.63) is 51.5 Å². The van der Waals surface area contributed by atoms with Gasteiger partial charge in [0, 0.05) is 61.5 Å². The third kappa shape index (κ3) is 10.2. The Morgan fingerprint density at radius 3 is 2.35 bits per heavy atom. The van der Waals surface area contributed by atoms with E-state index in [0.717, 1.165) is 40.4 Å². The van der Waals surface area contributed by atoms with E-state index in [1.54, 1.807) is 32.7 Å². The van der Waals surface area contributed by atoms with Crippen LogP contribution in [0.3, 0.4) is 0 Å². The molecule has 63 heavy (non-hydrogen) atoms. The van der Waals surface area contributed by atoms with Crippen LogP contribution in [0.1, 0.15) is 115 Å². The van der Waals surface area contributed by atoms with E-state index >= 15 is 4.79 Å². The van der Waals surface area contributed by atoms with Crippen molar-refractivity contribution in [1.82, 2.24) is 9.88 Å². The number of fused-ring (bicyclic) bond motifs is 8. The number of hydrogen-bond donors (Lipinski definition) is 1. The number of rotatable bonds is 14. The van der Waals surface area contributed by atoms with E-state index in [1.165, 1.54) is 0 Å². The first-order valence-electron chi connectivity index (χ1n) is 23.3. The van der Waals surface area contributed by atoms with Gasteiger partial charge in [0.1, 0.15) is 23.3 Å². The molecule has 12 nitrogen and oxygen atoms in total. The number of aliphatic hydroxyl groups is 1. The van der Waals surface area contributed by atoms with Gasteiger partial charge in [0.05, 0.1) is 41.6 Å². The highest BCUT2D eigenvalue weighted by Crippen LogP contribution is 2.63. The van der Waals surface area contributed by atoms with Crippen molar-refractivity contribution in [2.45, 2.75) is 166 Å². The lowest BCUT2D eigenvalue weighted by molar-refractivity contribution is -0.236. The van der Waals surface area contributed by atoms with Crippen molar-refractivity contribution >= 4 is 34.7 Å². The van der Waals surface area contributed by atoms with Crippen LogP contribution in [0, 0.1) is 29.6 Å². The van der Waals surface area contributed by atoms with Crippen LogP contribution in [0.2, 0.25) is 5.02 Å². The molecular weight excluding hydrogens is 844 g/mol. The molecule has 350 valence electrons. The van der Waals surface area contributed by atoms with E-state index in [2.05, 4.69) is 38.9 Å². The monoisotopic (exact) mass is 914 g/mol. The van der Waals surface area contributed by atoms with Crippen LogP contribution in [0.5, 0.6) is 0 Å². The fourth-order valence-electron chi connectivity index (χ4n) is 11.6. The molecule has 0 spiro atoms. The zero-order valence-electron chi connectivity index (χ0n) is 38.9. The van der Waals surface area contributed by atoms with Crippen molar-refractivity contribution in [2.75, 3.05) is 35.4 Å². The van der Waals surface area contributed by atoms with Crippen LogP contribution < -0.4 is 0 Å². The van der Waals surface area contributed by atoms with Gasteiger partial charge in [0.25, 0.3) is 0 Å². The summed E-state index contributed by atoms with van der Waals surface area (Å²) in [6.45, 7) is 10.2. The number of aliphatic hydroxyl groups excluding tert-OH is 1. The minimum atomic E-state index is -1.30. The molecule has 1 N–H and O–H groups in total. The summed E-state index contributed by atoms with van der Waals surface area (Å²) in [5.74, 6) is -1.34. The molecule has 3 heterocycles. The predicted octanol–water partition coefficient (Wildman–Crippen LogP) is 8.57. The number of Topliss-reactive ketones (excluding diaryl/α,β-unsaturated/α-hetero) is 1. The molecule has 7 rings (SSSR count). The summed E-state index contributed by atoms with van der Waals surface area (Å²) in [4.78, 5) is 37.9. The number of carbonyl (C=O) groups excluding carboxylic acids is 2. The Kier molecular flexibility index (Phi) is 16.3. The first-order chi connectivity index (χ1) is 30.2. The molecule has 0 bridgehead atoms. The number of likely N-dealkylation sites (N-methyl/N-ethyl adjacent to an activating group) is 1. The Balaban J connectivity index is 1.24. The van der Waals surface area contributed by atoms with Gasteiger partial charge in [0.15, 0.2) is 18.4 Å². The van der Waals surface area contributed by atoms with Gasteiger partial charge in [-0.15, -0.1) is 11.3 Å². The molecule has 0 amide bonds. The van der Waals surface area contributed by atoms with Gasteiger partial charge in [-0.05, 0) is 102 Å². The number of ketones is 1. The van der Waals surface area contributed by atoms with Crippen LogP contribution in [-0.2, 0) is 42.7 Å². The number of thiazole rings is 1. The summed E-state index contributed by atoms with van der Waals surface area (Å²) in [6.07, 6.45) is 3.61. The van der Waals surface area contributed by atoms with Gasteiger partial charge in [-0.3, -0.25) is 9.59 Å². The smallest absolute Gasteiger partial charge is 0.306 e. The maximum Gasteiger partial charge on any atom is 0.306 e. The number of halogens is 1. The standard InChI is InChI=1S/C49H71ClN2O10S/c1-11-28-15-14-18-38(62-40-20-19-37(52(6)7)27(5)59-40)26(4)43(54)35-23-32-31-21-29(61-49(55)46(58-10)45(57-9)44(56-8)25(2)3)22-34(31)42-47(41(32)33(35)24-39(53)60-28)63-48(51-42)30-16-12-13-17-36(30)50/h12-13,16-17,23,25-29,31-34,37-38,40-41,44-46,49,55H,11,14-15,18-22,24H2,1-10H3/t26-,27?,28+,29+,31+,32+,33-,34-,37+,38+,40+,41-,44?,45?,46?,49?/m1/s1. The van der Waals surface area contributed by atoms with Crippen LogP contribution >= 0.6 is 22.9 Å². The number of allylic oxidation sites excluding steroid dienone is 2. The Morgan fingerprint density at radius 1 is 0.968 bits per heavy atom. The van der Waals surface area contributed by atoms with Crippen LogP contribution in [0.15, 0.2) is 35.9 Å². The molecule has 2 aromatic rings. The first-order valence-corrected chi connectivity index (χ1v) is 24.5. The lowest BCUT2D eigenvalue weighted by Crippen LogP contribution is -2.50. The third-order valence-electron chi connectivity index (χ3n) is 14.9. The molecule has 3 fully saturated rings. The lowest BCUT2D eigenvalue weighted by atomic mass is 9.67. The van der Waals surface area contributed by atoms with Crippen LogP contribution in [0.25, 0.3) is 10.6 Å². The minimum absolute atomic E-state index is 0.00780. The normalized spacial score (nSPS) is 34.5. The molecule has 16 atom stereocenters. The second kappa shape index (κ2) is 21.1. The quantitative estimate of drug-likeness (QED) is 0.144. The second-order valence-electron chi connectivity index (χ2n) is 19.2.